The number of aromatic nitrogens is 5. The van der Waals surface area contributed by atoms with Crippen LogP contribution in [0.25, 0.3) is 11.2 Å². The van der Waals surface area contributed by atoms with Gasteiger partial charge in [-0.15, -0.1) is 0 Å². The van der Waals surface area contributed by atoms with Crippen LogP contribution in [0.1, 0.15) is 5.56 Å². The van der Waals surface area contributed by atoms with Crippen molar-refractivity contribution >= 4 is 22.9 Å². The van der Waals surface area contributed by atoms with E-state index in [0.29, 0.717) is 11.2 Å². The molecule has 3 heterocycles. The number of hydrogen-bond acceptors (Lipinski definition) is 6. The number of nitrogens with one attached hydrogen (secondary N) is 1. The summed E-state index contributed by atoms with van der Waals surface area (Å²) in [6.07, 6.45) is 6.26. The fraction of sp³-hybridized carbons (Fsp3) is 0. The van der Waals surface area contributed by atoms with Gasteiger partial charge >= 0.3 is 0 Å². The van der Waals surface area contributed by atoms with Gasteiger partial charge in [-0.1, -0.05) is 11.8 Å². The average molecular weight is 254 g/mol. The molecule has 0 aromatic carbocycles. The van der Waals surface area contributed by atoms with Gasteiger partial charge in [-0.3, -0.25) is 4.98 Å². The van der Waals surface area contributed by atoms with Crippen LogP contribution in [-0.2, 0) is 0 Å². The zero-order valence-electron chi connectivity index (χ0n) is 9.03. The van der Waals surface area contributed by atoms with Gasteiger partial charge in [-0.05, 0) is 6.07 Å². The normalized spacial score (nSPS) is 10.4. The molecule has 86 valence electrons. The number of H-pyrrole nitrogens is 1. The van der Waals surface area contributed by atoms with Gasteiger partial charge in [0.2, 0.25) is 0 Å². The van der Waals surface area contributed by atoms with Crippen molar-refractivity contribution in [2.24, 2.45) is 0 Å². The maximum Gasteiger partial charge on any atom is 0.181 e. The van der Waals surface area contributed by atoms with Gasteiger partial charge < -0.3 is 4.98 Å². The third kappa shape index (κ3) is 1.78. The standard InChI is InChI=1S/C11H6N6S/c12-3-7-1-2-13-4-8(7)18-11-9-10(15-5-14-9)16-6-17-11/h1-2,4-6H,(H,14,15,16,17). The average Bonchev–Trinajstić information content (AvgIpc) is 2.89. The van der Waals surface area contributed by atoms with Crippen molar-refractivity contribution in [3.63, 3.8) is 0 Å². The molecule has 0 aliphatic heterocycles. The lowest BCUT2D eigenvalue weighted by molar-refractivity contribution is 1.08. The van der Waals surface area contributed by atoms with Crippen LogP contribution >= 0.6 is 11.8 Å². The number of fused-ring (bicyclic) bond motifs is 1. The number of nitriles is 1. The zero-order valence-corrected chi connectivity index (χ0v) is 9.85. The molecule has 0 fully saturated rings. The van der Waals surface area contributed by atoms with Gasteiger partial charge in [0, 0.05) is 17.3 Å². The Kier molecular flexibility index (Phi) is 2.63. The molecule has 0 bridgehead atoms. The molecule has 0 unspecified atom stereocenters. The molecular weight excluding hydrogens is 248 g/mol. The van der Waals surface area contributed by atoms with Crippen LogP contribution in [-0.4, -0.2) is 24.9 Å². The Hall–Kier alpha value is -2.46. The van der Waals surface area contributed by atoms with Gasteiger partial charge in [0.05, 0.1) is 11.9 Å². The van der Waals surface area contributed by atoms with Crippen LogP contribution in [0.3, 0.4) is 0 Å². The molecule has 0 saturated carbocycles. The Morgan fingerprint density at radius 3 is 3.11 bits per heavy atom. The Balaban J connectivity index is 2.07. The molecule has 0 aliphatic carbocycles. The highest BCUT2D eigenvalue weighted by molar-refractivity contribution is 7.99. The van der Waals surface area contributed by atoms with E-state index in [4.69, 9.17) is 5.26 Å². The van der Waals surface area contributed by atoms with Gasteiger partial charge in [0.15, 0.2) is 5.65 Å². The van der Waals surface area contributed by atoms with Crippen molar-refractivity contribution in [1.82, 2.24) is 24.9 Å². The summed E-state index contributed by atoms with van der Waals surface area (Å²) in [6.45, 7) is 0. The Labute approximate surface area is 106 Å². The Morgan fingerprint density at radius 1 is 1.28 bits per heavy atom. The molecule has 7 heteroatoms. The molecular formula is C11H6N6S. The van der Waals surface area contributed by atoms with E-state index in [9.17, 15) is 0 Å². The largest absolute Gasteiger partial charge is 0.341 e. The monoisotopic (exact) mass is 254 g/mol. The predicted molar refractivity (Wildman–Crippen MR) is 64.8 cm³/mol. The van der Waals surface area contributed by atoms with Crippen molar-refractivity contribution < 1.29 is 0 Å². The quantitative estimate of drug-likeness (QED) is 0.701. The summed E-state index contributed by atoms with van der Waals surface area (Å²) in [4.78, 5) is 20.1. The minimum absolute atomic E-state index is 0.571. The predicted octanol–water partition coefficient (Wildman–Crippen LogP) is 1.77. The van der Waals surface area contributed by atoms with Crippen LogP contribution in [0.15, 0.2) is 41.0 Å². The Bertz CT molecular complexity index is 744. The first-order valence-electron chi connectivity index (χ1n) is 5.04. The van der Waals surface area contributed by atoms with Gasteiger partial charge in [0.1, 0.15) is 22.9 Å². The molecule has 6 nitrogen and oxygen atoms in total. The first-order valence-corrected chi connectivity index (χ1v) is 5.86. The van der Waals surface area contributed by atoms with E-state index in [0.717, 1.165) is 15.4 Å². The summed E-state index contributed by atoms with van der Waals surface area (Å²) in [6, 6.07) is 3.80. The van der Waals surface area contributed by atoms with Gasteiger partial charge in [0.25, 0.3) is 0 Å². The molecule has 0 amide bonds. The van der Waals surface area contributed by atoms with Crippen LogP contribution in [0.2, 0.25) is 0 Å². The second-order valence-corrected chi connectivity index (χ2v) is 4.40. The van der Waals surface area contributed by atoms with E-state index >= 15 is 0 Å². The maximum absolute atomic E-state index is 9.03. The van der Waals surface area contributed by atoms with Crippen LogP contribution in [0.4, 0.5) is 0 Å². The summed E-state index contributed by atoms with van der Waals surface area (Å²) in [5.41, 5.74) is 1.94. The molecule has 0 aliphatic rings. The fourth-order valence-electron chi connectivity index (χ4n) is 1.48. The van der Waals surface area contributed by atoms with Crippen molar-refractivity contribution in [3.8, 4) is 6.07 Å². The van der Waals surface area contributed by atoms with E-state index < -0.39 is 0 Å². The Morgan fingerprint density at radius 2 is 2.22 bits per heavy atom. The molecule has 18 heavy (non-hydrogen) atoms. The summed E-state index contributed by atoms with van der Waals surface area (Å²) >= 11 is 1.37. The number of nitrogens with zero attached hydrogens (tertiary/aromatic N) is 5. The van der Waals surface area contributed by atoms with Gasteiger partial charge in [-0.2, -0.15) is 5.26 Å². The van der Waals surface area contributed by atoms with Crippen molar-refractivity contribution in [2.45, 2.75) is 9.92 Å². The second kappa shape index (κ2) is 4.43. The highest BCUT2D eigenvalue weighted by Gasteiger charge is 2.10. The van der Waals surface area contributed by atoms with E-state index in [1.807, 2.05) is 0 Å². The van der Waals surface area contributed by atoms with Crippen molar-refractivity contribution in [3.05, 3.63) is 36.7 Å². The molecule has 1 N–H and O–H groups in total. The van der Waals surface area contributed by atoms with E-state index in [2.05, 4.69) is 31.0 Å². The topological polar surface area (TPSA) is 91.1 Å². The van der Waals surface area contributed by atoms with Crippen molar-refractivity contribution in [1.29, 1.82) is 5.26 Å². The fourth-order valence-corrected chi connectivity index (χ4v) is 2.38. The van der Waals surface area contributed by atoms with Gasteiger partial charge in [-0.25, -0.2) is 15.0 Å². The first-order chi connectivity index (χ1) is 8.88. The number of pyridine rings is 1. The van der Waals surface area contributed by atoms with E-state index in [1.165, 1.54) is 18.1 Å². The lowest BCUT2D eigenvalue weighted by Crippen LogP contribution is -1.88. The molecule has 0 saturated heterocycles. The van der Waals surface area contributed by atoms with Crippen molar-refractivity contribution in [2.75, 3.05) is 0 Å². The molecule has 3 rings (SSSR count). The maximum atomic E-state index is 9.03. The number of imidazole rings is 1. The highest BCUT2D eigenvalue weighted by atomic mass is 32.2. The number of hydrogen-bond donors (Lipinski definition) is 1. The van der Waals surface area contributed by atoms with Crippen LogP contribution in [0, 0.1) is 11.3 Å². The molecule has 0 atom stereocenters. The van der Waals surface area contributed by atoms with E-state index in [1.54, 1.807) is 24.8 Å². The second-order valence-electron chi connectivity index (χ2n) is 3.37. The lowest BCUT2D eigenvalue weighted by atomic mass is 10.3. The summed E-state index contributed by atoms with van der Waals surface area (Å²) in [7, 11) is 0. The van der Waals surface area contributed by atoms with Crippen LogP contribution in [0.5, 0.6) is 0 Å². The molecule has 3 aromatic heterocycles. The van der Waals surface area contributed by atoms with E-state index in [-0.39, 0.29) is 0 Å². The highest BCUT2D eigenvalue weighted by Crippen LogP contribution is 2.30. The minimum Gasteiger partial charge on any atom is -0.341 e. The molecule has 0 spiro atoms. The SMILES string of the molecule is N#Cc1ccncc1Sc1ncnc2nc[nH]c12. The van der Waals surface area contributed by atoms with Crippen LogP contribution < -0.4 is 0 Å². The first kappa shape index (κ1) is 10.7. The summed E-state index contributed by atoms with van der Waals surface area (Å²) in [5, 5.41) is 9.75. The third-order valence-electron chi connectivity index (χ3n) is 2.30. The summed E-state index contributed by atoms with van der Waals surface area (Å²) < 4.78 is 0. The lowest BCUT2D eigenvalue weighted by Gasteiger charge is -2.02. The third-order valence-corrected chi connectivity index (χ3v) is 3.35. The zero-order chi connectivity index (χ0) is 12.4. The molecule has 3 aromatic rings. The minimum atomic E-state index is 0.571. The molecule has 0 radical (unpaired) electrons. The number of rotatable bonds is 2. The summed E-state index contributed by atoms with van der Waals surface area (Å²) in [5.74, 6) is 0. The number of aromatic amines is 1. The smallest absolute Gasteiger partial charge is 0.181 e.